The van der Waals surface area contributed by atoms with Crippen LogP contribution in [0.4, 0.5) is 0 Å². The Hall–Kier alpha value is -2.14. The molecule has 21 heavy (non-hydrogen) atoms. The van der Waals surface area contributed by atoms with Crippen molar-refractivity contribution < 1.29 is 4.79 Å². The van der Waals surface area contributed by atoms with Gasteiger partial charge in [0.2, 0.25) is 0 Å². The zero-order valence-electron chi connectivity index (χ0n) is 11.5. The summed E-state index contributed by atoms with van der Waals surface area (Å²) in [6.45, 7) is 2.44. The molecule has 4 nitrogen and oxygen atoms in total. The third-order valence-corrected chi connectivity index (χ3v) is 3.68. The van der Waals surface area contributed by atoms with Crippen LogP contribution in [0, 0.1) is 6.92 Å². The maximum Gasteiger partial charge on any atom is 0.251 e. The third-order valence-electron chi connectivity index (χ3n) is 3.18. The molecule has 3 rings (SSSR count). The second kappa shape index (κ2) is 5.69. The lowest BCUT2D eigenvalue weighted by Crippen LogP contribution is -2.22. The molecule has 1 amide bonds. The molecule has 0 unspecified atom stereocenters. The number of aryl methyl sites for hydroxylation is 1. The molecule has 0 spiro atoms. The van der Waals surface area contributed by atoms with Gasteiger partial charge in [-0.15, -0.1) is 0 Å². The molecule has 106 valence electrons. The van der Waals surface area contributed by atoms with Crippen molar-refractivity contribution in [3.63, 3.8) is 0 Å². The summed E-state index contributed by atoms with van der Waals surface area (Å²) >= 11 is 3.36. The van der Waals surface area contributed by atoms with Crippen LogP contribution in [-0.2, 0) is 6.54 Å². The van der Waals surface area contributed by atoms with Crippen LogP contribution in [0.5, 0.6) is 0 Å². The number of benzene rings is 1. The van der Waals surface area contributed by atoms with Crippen LogP contribution in [0.1, 0.15) is 21.6 Å². The maximum absolute atomic E-state index is 12.1. The Morgan fingerprint density at radius 1 is 1.33 bits per heavy atom. The number of amides is 1. The third kappa shape index (κ3) is 3.13. The number of imidazole rings is 1. The van der Waals surface area contributed by atoms with Crippen molar-refractivity contribution in [2.24, 2.45) is 0 Å². The zero-order chi connectivity index (χ0) is 14.8. The number of halogens is 1. The summed E-state index contributed by atoms with van der Waals surface area (Å²) in [7, 11) is 0. The van der Waals surface area contributed by atoms with Gasteiger partial charge in [-0.1, -0.05) is 22.0 Å². The number of carbonyl (C=O) groups is 1. The fourth-order valence-corrected chi connectivity index (χ4v) is 2.52. The molecule has 1 aromatic carbocycles. The van der Waals surface area contributed by atoms with Gasteiger partial charge in [-0.25, -0.2) is 4.98 Å². The molecule has 0 aliphatic rings. The second-order valence-electron chi connectivity index (χ2n) is 4.89. The van der Waals surface area contributed by atoms with Gasteiger partial charge in [0.15, 0.2) is 0 Å². The maximum atomic E-state index is 12.1. The van der Waals surface area contributed by atoms with E-state index in [0.717, 1.165) is 21.4 Å². The number of carbonyl (C=O) groups excluding carboxylic acids is 1. The van der Waals surface area contributed by atoms with Crippen LogP contribution in [0.15, 0.2) is 53.3 Å². The summed E-state index contributed by atoms with van der Waals surface area (Å²) < 4.78 is 2.84. The van der Waals surface area contributed by atoms with Crippen molar-refractivity contribution >= 4 is 27.5 Å². The lowest BCUT2D eigenvalue weighted by atomic mass is 10.2. The van der Waals surface area contributed by atoms with E-state index < -0.39 is 0 Å². The van der Waals surface area contributed by atoms with Crippen LogP contribution in [0.25, 0.3) is 5.65 Å². The molecule has 1 N–H and O–H groups in total. The minimum atomic E-state index is -0.107. The minimum Gasteiger partial charge on any atom is -0.346 e. The Morgan fingerprint density at radius 2 is 2.19 bits per heavy atom. The first kappa shape index (κ1) is 13.8. The number of hydrogen-bond acceptors (Lipinski definition) is 2. The van der Waals surface area contributed by atoms with E-state index in [4.69, 9.17) is 0 Å². The van der Waals surface area contributed by atoms with E-state index in [2.05, 4.69) is 26.2 Å². The van der Waals surface area contributed by atoms with Crippen molar-refractivity contribution in [3.05, 3.63) is 70.1 Å². The second-order valence-corrected chi connectivity index (χ2v) is 5.81. The molecule has 0 radical (unpaired) electrons. The number of hydrogen-bond donors (Lipinski definition) is 1. The lowest BCUT2D eigenvalue weighted by Gasteiger charge is -2.03. The molecule has 0 saturated heterocycles. The summed E-state index contributed by atoms with van der Waals surface area (Å²) in [6.07, 6.45) is 3.90. The van der Waals surface area contributed by atoms with Crippen LogP contribution < -0.4 is 5.32 Å². The minimum absolute atomic E-state index is 0.107. The molecule has 0 saturated carbocycles. The van der Waals surface area contributed by atoms with Crippen molar-refractivity contribution in [1.82, 2.24) is 14.7 Å². The number of nitrogens with one attached hydrogen (secondary N) is 1. The van der Waals surface area contributed by atoms with E-state index in [1.807, 2.05) is 48.0 Å². The largest absolute Gasteiger partial charge is 0.346 e. The summed E-state index contributed by atoms with van der Waals surface area (Å²) in [5.74, 6) is -0.107. The SMILES string of the molecule is Cc1ccn2cc(CNC(=O)c3cccc(Br)c3)nc2c1. The number of fused-ring (bicyclic) bond motifs is 1. The van der Waals surface area contributed by atoms with Gasteiger partial charge in [0, 0.05) is 22.4 Å². The smallest absolute Gasteiger partial charge is 0.251 e. The van der Waals surface area contributed by atoms with Gasteiger partial charge in [-0.05, 0) is 42.8 Å². The average molecular weight is 344 g/mol. The Labute approximate surface area is 131 Å². The Morgan fingerprint density at radius 3 is 3.00 bits per heavy atom. The van der Waals surface area contributed by atoms with Gasteiger partial charge in [-0.3, -0.25) is 4.79 Å². The Kier molecular flexibility index (Phi) is 3.75. The molecular formula is C16H14BrN3O. The van der Waals surface area contributed by atoms with E-state index in [-0.39, 0.29) is 5.91 Å². The van der Waals surface area contributed by atoms with E-state index in [0.29, 0.717) is 12.1 Å². The Balaban J connectivity index is 1.72. The zero-order valence-corrected chi connectivity index (χ0v) is 13.1. The monoisotopic (exact) mass is 343 g/mol. The highest BCUT2D eigenvalue weighted by atomic mass is 79.9. The number of nitrogens with zero attached hydrogens (tertiary/aromatic N) is 2. The van der Waals surface area contributed by atoms with Crippen LogP contribution in [0.3, 0.4) is 0 Å². The van der Waals surface area contributed by atoms with Crippen LogP contribution >= 0.6 is 15.9 Å². The molecule has 2 heterocycles. The van der Waals surface area contributed by atoms with E-state index in [1.54, 1.807) is 12.1 Å². The van der Waals surface area contributed by atoms with Gasteiger partial charge in [-0.2, -0.15) is 0 Å². The molecular weight excluding hydrogens is 330 g/mol. The Bertz CT molecular complexity index is 810. The highest BCUT2D eigenvalue weighted by molar-refractivity contribution is 9.10. The summed E-state index contributed by atoms with van der Waals surface area (Å²) in [5, 5.41) is 2.88. The highest BCUT2D eigenvalue weighted by Crippen LogP contribution is 2.12. The fourth-order valence-electron chi connectivity index (χ4n) is 2.12. The number of rotatable bonds is 3. The molecule has 2 aromatic heterocycles. The standard InChI is InChI=1S/C16H14BrN3O/c1-11-5-6-20-10-14(19-15(20)7-11)9-18-16(21)12-3-2-4-13(17)8-12/h2-8,10H,9H2,1H3,(H,18,21). The fraction of sp³-hybridized carbons (Fsp3) is 0.125. The first-order valence-electron chi connectivity index (χ1n) is 6.60. The van der Waals surface area contributed by atoms with Gasteiger partial charge in [0.05, 0.1) is 12.2 Å². The van der Waals surface area contributed by atoms with Crippen molar-refractivity contribution in [2.75, 3.05) is 0 Å². The molecule has 0 aliphatic heterocycles. The van der Waals surface area contributed by atoms with Crippen molar-refractivity contribution in [1.29, 1.82) is 0 Å². The van der Waals surface area contributed by atoms with E-state index >= 15 is 0 Å². The number of aromatic nitrogens is 2. The molecule has 0 aliphatic carbocycles. The molecule has 0 fully saturated rings. The normalized spacial score (nSPS) is 10.8. The molecule has 0 bridgehead atoms. The van der Waals surface area contributed by atoms with Gasteiger partial charge in [0.1, 0.15) is 5.65 Å². The average Bonchev–Trinajstić information content (AvgIpc) is 2.86. The molecule has 3 aromatic rings. The lowest BCUT2D eigenvalue weighted by molar-refractivity contribution is 0.0950. The van der Waals surface area contributed by atoms with Gasteiger partial charge >= 0.3 is 0 Å². The number of pyridine rings is 1. The van der Waals surface area contributed by atoms with Crippen molar-refractivity contribution in [2.45, 2.75) is 13.5 Å². The van der Waals surface area contributed by atoms with Crippen LogP contribution in [0.2, 0.25) is 0 Å². The topological polar surface area (TPSA) is 46.4 Å². The summed E-state index contributed by atoms with van der Waals surface area (Å²) in [4.78, 5) is 16.6. The molecule has 5 heteroatoms. The van der Waals surface area contributed by atoms with Crippen LogP contribution in [-0.4, -0.2) is 15.3 Å². The summed E-state index contributed by atoms with van der Waals surface area (Å²) in [6, 6.07) is 11.3. The van der Waals surface area contributed by atoms with Gasteiger partial charge in [0.25, 0.3) is 5.91 Å². The first-order valence-corrected chi connectivity index (χ1v) is 7.39. The predicted octanol–water partition coefficient (Wildman–Crippen LogP) is 3.34. The quantitative estimate of drug-likeness (QED) is 0.792. The van der Waals surface area contributed by atoms with E-state index in [9.17, 15) is 4.79 Å². The first-order chi connectivity index (χ1) is 10.1. The molecule has 0 atom stereocenters. The predicted molar refractivity (Wildman–Crippen MR) is 85.2 cm³/mol. The highest BCUT2D eigenvalue weighted by Gasteiger charge is 2.07. The van der Waals surface area contributed by atoms with E-state index in [1.165, 1.54) is 0 Å². The summed E-state index contributed by atoms with van der Waals surface area (Å²) in [5.41, 5.74) is 3.52. The van der Waals surface area contributed by atoms with Gasteiger partial charge < -0.3 is 9.72 Å². The van der Waals surface area contributed by atoms with Crippen molar-refractivity contribution in [3.8, 4) is 0 Å².